The van der Waals surface area contributed by atoms with Gasteiger partial charge < -0.3 is 4.90 Å². The summed E-state index contributed by atoms with van der Waals surface area (Å²) in [5.41, 5.74) is 2.14. The molecule has 3 amide bonds. The van der Waals surface area contributed by atoms with Gasteiger partial charge in [0.15, 0.2) is 0 Å². The fourth-order valence-electron chi connectivity index (χ4n) is 2.93. The van der Waals surface area contributed by atoms with Crippen molar-refractivity contribution in [3.63, 3.8) is 0 Å². The third kappa shape index (κ3) is 3.60. The van der Waals surface area contributed by atoms with E-state index in [0.29, 0.717) is 24.3 Å². The van der Waals surface area contributed by atoms with Crippen LogP contribution in [0.4, 0.5) is 5.69 Å². The minimum atomic E-state index is -0.191. The summed E-state index contributed by atoms with van der Waals surface area (Å²) in [4.78, 5) is 39.3. The molecule has 1 aliphatic heterocycles. The molecule has 0 spiro atoms. The topological polar surface area (TPSA) is 57.7 Å². The van der Waals surface area contributed by atoms with Gasteiger partial charge in [-0.25, -0.2) is 0 Å². The molecule has 0 atom stereocenters. The Bertz CT molecular complexity index is 768. The molecule has 1 heterocycles. The van der Waals surface area contributed by atoms with E-state index in [1.54, 1.807) is 29.2 Å². The lowest BCUT2D eigenvalue weighted by atomic mass is 10.1. The number of nitrogens with zero attached hydrogens (tertiary/aromatic N) is 2. The zero-order valence-corrected chi connectivity index (χ0v) is 14.1. The Morgan fingerprint density at radius 3 is 2.12 bits per heavy atom. The summed E-state index contributed by atoms with van der Waals surface area (Å²) in [6.45, 7) is 3.08. The smallest absolute Gasteiger partial charge is 0.254 e. The minimum absolute atomic E-state index is 0.0722. The predicted octanol–water partition coefficient (Wildman–Crippen LogP) is 3.00. The predicted molar refractivity (Wildman–Crippen MR) is 95.0 cm³/mol. The third-order valence-corrected chi connectivity index (χ3v) is 4.31. The number of benzene rings is 2. The summed E-state index contributed by atoms with van der Waals surface area (Å²) in [6, 6.07) is 16.5. The van der Waals surface area contributed by atoms with Crippen molar-refractivity contribution < 1.29 is 14.4 Å². The van der Waals surface area contributed by atoms with Crippen molar-refractivity contribution >= 4 is 23.4 Å². The average Bonchev–Trinajstić information content (AvgIpc) is 2.98. The van der Waals surface area contributed by atoms with Gasteiger partial charge in [-0.05, 0) is 36.8 Å². The largest absolute Gasteiger partial charge is 0.335 e. The van der Waals surface area contributed by atoms with Crippen LogP contribution in [0.25, 0.3) is 0 Å². The van der Waals surface area contributed by atoms with Crippen molar-refractivity contribution in [1.29, 1.82) is 0 Å². The van der Waals surface area contributed by atoms with Crippen LogP contribution >= 0.6 is 0 Å². The van der Waals surface area contributed by atoms with E-state index >= 15 is 0 Å². The van der Waals surface area contributed by atoms with Crippen molar-refractivity contribution in [2.45, 2.75) is 26.3 Å². The maximum absolute atomic E-state index is 12.7. The van der Waals surface area contributed by atoms with Crippen LogP contribution in [0.3, 0.4) is 0 Å². The molecule has 2 aromatic rings. The molecule has 0 N–H and O–H groups in total. The van der Waals surface area contributed by atoms with Crippen LogP contribution in [-0.2, 0) is 16.1 Å². The minimum Gasteiger partial charge on any atom is -0.335 e. The molecular formula is C20H20N2O3. The van der Waals surface area contributed by atoms with E-state index in [4.69, 9.17) is 0 Å². The first kappa shape index (κ1) is 16.9. The first-order valence-corrected chi connectivity index (χ1v) is 8.39. The van der Waals surface area contributed by atoms with Gasteiger partial charge in [0, 0.05) is 31.5 Å². The van der Waals surface area contributed by atoms with Crippen LogP contribution in [-0.4, -0.2) is 29.2 Å². The van der Waals surface area contributed by atoms with Gasteiger partial charge in [-0.3, -0.25) is 19.3 Å². The maximum Gasteiger partial charge on any atom is 0.254 e. The molecule has 5 heteroatoms. The molecule has 0 aliphatic carbocycles. The molecular weight excluding hydrogens is 316 g/mol. The number of carbonyl (C=O) groups excluding carboxylic acids is 3. The quantitative estimate of drug-likeness (QED) is 0.789. The lowest BCUT2D eigenvalue weighted by molar-refractivity contribution is -0.121. The summed E-state index contributed by atoms with van der Waals surface area (Å²) in [5.74, 6) is -0.455. The molecule has 0 bridgehead atoms. The average molecular weight is 336 g/mol. The second-order valence-electron chi connectivity index (χ2n) is 5.97. The van der Waals surface area contributed by atoms with Crippen molar-refractivity contribution in [3.8, 4) is 0 Å². The highest BCUT2D eigenvalue weighted by Crippen LogP contribution is 2.23. The highest BCUT2D eigenvalue weighted by molar-refractivity contribution is 6.19. The van der Waals surface area contributed by atoms with Crippen molar-refractivity contribution in [1.82, 2.24) is 4.90 Å². The molecule has 25 heavy (non-hydrogen) atoms. The van der Waals surface area contributed by atoms with E-state index in [-0.39, 0.29) is 30.6 Å². The molecule has 0 radical (unpaired) electrons. The first-order chi connectivity index (χ1) is 12.1. The highest BCUT2D eigenvalue weighted by Gasteiger charge is 2.30. The molecule has 0 saturated carbocycles. The number of rotatable bonds is 5. The number of hydrogen-bond acceptors (Lipinski definition) is 3. The summed E-state index contributed by atoms with van der Waals surface area (Å²) < 4.78 is 0. The van der Waals surface area contributed by atoms with Crippen molar-refractivity contribution in [2.24, 2.45) is 0 Å². The summed E-state index contributed by atoms with van der Waals surface area (Å²) in [6.07, 6.45) is 0.500. The van der Waals surface area contributed by atoms with Gasteiger partial charge in [-0.15, -0.1) is 0 Å². The molecule has 3 rings (SSSR count). The lowest BCUT2D eigenvalue weighted by Gasteiger charge is -2.21. The Hall–Kier alpha value is -2.95. The van der Waals surface area contributed by atoms with E-state index in [0.717, 1.165) is 5.56 Å². The van der Waals surface area contributed by atoms with Gasteiger partial charge in [0.25, 0.3) is 5.91 Å². The molecule has 1 aliphatic rings. The highest BCUT2D eigenvalue weighted by atomic mass is 16.2. The van der Waals surface area contributed by atoms with E-state index in [2.05, 4.69) is 0 Å². The normalized spacial score (nSPS) is 14.0. The second-order valence-corrected chi connectivity index (χ2v) is 5.97. The number of imide groups is 1. The Kier molecular flexibility index (Phi) is 4.93. The van der Waals surface area contributed by atoms with Gasteiger partial charge in [-0.1, -0.05) is 30.3 Å². The second kappa shape index (κ2) is 7.30. The molecule has 2 aromatic carbocycles. The van der Waals surface area contributed by atoms with Crippen molar-refractivity contribution in [3.05, 3.63) is 65.7 Å². The number of carbonyl (C=O) groups is 3. The summed E-state index contributed by atoms with van der Waals surface area (Å²) >= 11 is 0. The molecule has 128 valence electrons. The Morgan fingerprint density at radius 1 is 0.960 bits per heavy atom. The van der Waals surface area contributed by atoms with Gasteiger partial charge in [-0.2, -0.15) is 0 Å². The van der Waals surface area contributed by atoms with Crippen LogP contribution in [0.1, 0.15) is 35.7 Å². The monoisotopic (exact) mass is 336 g/mol. The number of amides is 3. The number of anilines is 1. The standard InChI is InChI=1S/C20H20N2O3/c1-2-21(14-15-6-4-3-5-7-15)20(25)16-8-10-17(11-9-16)22-18(23)12-13-19(22)24/h3-11H,2,12-14H2,1H3. The molecule has 5 nitrogen and oxygen atoms in total. The maximum atomic E-state index is 12.7. The van der Waals surface area contributed by atoms with Crippen LogP contribution in [0, 0.1) is 0 Å². The first-order valence-electron chi connectivity index (χ1n) is 8.39. The van der Waals surface area contributed by atoms with Gasteiger partial charge in [0.2, 0.25) is 11.8 Å². The van der Waals surface area contributed by atoms with Gasteiger partial charge in [0.05, 0.1) is 5.69 Å². The molecule has 0 unspecified atom stereocenters. The Labute approximate surface area is 146 Å². The molecule has 0 aromatic heterocycles. The van der Waals surface area contributed by atoms with Gasteiger partial charge in [0.1, 0.15) is 0 Å². The SMILES string of the molecule is CCN(Cc1ccccc1)C(=O)c1ccc(N2C(=O)CCC2=O)cc1. The Morgan fingerprint density at radius 2 is 1.56 bits per heavy atom. The number of hydrogen-bond donors (Lipinski definition) is 0. The molecule has 1 fully saturated rings. The third-order valence-electron chi connectivity index (χ3n) is 4.31. The van der Waals surface area contributed by atoms with E-state index in [9.17, 15) is 14.4 Å². The Balaban J connectivity index is 1.75. The van der Waals surface area contributed by atoms with Crippen LogP contribution in [0.5, 0.6) is 0 Å². The van der Waals surface area contributed by atoms with E-state index in [1.807, 2.05) is 37.3 Å². The lowest BCUT2D eigenvalue weighted by Crippen LogP contribution is -2.31. The van der Waals surface area contributed by atoms with Gasteiger partial charge >= 0.3 is 0 Å². The van der Waals surface area contributed by atoms with E-state index < -0.39 is 0 Å². The zero-order chi connectivity index (χ0) is 17.8. The molecule has 1 saturated heterocycles. The van der Waals surface area contributed by atoms with Crippen LogP contribution < -0.4 is 4.90 Å². The van der Waals surface area contributed by atoms with Crippen LogP contribution in [0.15, 0.2) is 54.6 Å². The van der Waals surface area contributed by atoms with Crippen molar-refractivity contribution in [2.75, 3.05) is 11.4 Å². The zero-order valence-electron chi connectivity index (χ0n) is 14.1. The summed E-state index contributed by atoms with van der Waals surface area (Å²) in [7, 11) is 0. The fourth-order valence-corrected chi connectivity index (χ4v) is 2.93. The fraction of sp³-hybridized carbons (Fsp3) is 0.250. The summed E-state index contributed by atoms with van der Waals surface area (Å²) in [5, 5.41) is 0. The van der Waals surface area contributed by atoms with E-state index in [1.165, 1.54) is 4.90 Å². The van der Waals surface area contributed by atoms with Crippen LogP contribution in [0.2, 0.25) is 0 Å².